The van der Waals surface area contributed by atoms with E-state index in [0.29, 0.717) is 28.4 Å². The number of carbonyl (C=O) groups is 1. The Bertz CT molecular complexity index is 973. The van der Waals surface area contributed by atoms with E-state index in [9.17, 15) is 13.2 Å². The third-order valence-electron chi connectivity index (χ3n) is 4.77. The first-order valence-corrected chi connectivity index (χ1v) is 11.9. The van der Waals surface area contributed by atoms with E-state index in [2.05, 4.69) is 14.9 Å². The Labute approximate surface area is 177 Å². The molecule has 8 heteroatoms. The molecule has 1 amide bonds. The van der Waals surface area contributed by atoms with Crippen LogP contribution in [0.2, 0.25) is 5.02 Å². The number of rotatable bonds is 7. The van der Waals surface area contributed by atoms with Crippen molar-refractivity contribution in [2.45, 2.75) is 32.6 Å². The second-order valence-electron chi connectivity index (χ2n) is 7.17. The molecule has 2 aromatic carbocycles. The fourth-order valence-electron chi connectivity index (χ4n) is 3.40. The van der Waals surface area contributed by atoms with Gasteiger partial charge in [-0.3, -0.25) is 9.52 Å². The number of nitrogens with zero attached hydrogens (tertiary/aromatic N) is 1. The number of hydrogen-bond donors (Lipinski definition) is 2. The quantitative estimate of drug-likeness (QED) is 0.658. The third-order valence-corrected chi connectivity index (χ3v) is 6.57. The van der Waals surface area contributed by atoms with Gasteiger partial charge in [-0.1, -0.05) is 24.6 Å². The second kappa shape index (κ2) is 9.50. The van der Waals surface area contributed by atoms with Crippen LogP contribution in [0.3, 0.4) is 0 Å². The van der Waals surface area contributed by atoms with Crippen LogP contribution in [0.5, 0.6) is 0 Å². The standard InChI is InChI=1S/C21H26ClN3O3S/c1-2-13-29(27,28)24-18-8-6-7-16(14-18)21(26)23-17-9-10-20(19(22)15-17)25-11-4-3-5-12-25/h6-10,14-15,24H,2-5,11-13H2,1H3,(H,23,26). The molecule has 0 spiro atoms. The highest BCUT2D eigenvalue weighted by Gasteiger charge is 2.15. The van der Waals surface area contributed by atoms with Crippen molar-refractivity contribution in [3.8, 4) is 0 Å². The molecular weight excluding hydrogens is 410 g/mol. The van der Waals surface area contributed by atoms with Crippen LogP contribution in [-0.4, -0.2) is 33.2 Å². The zero-order valence-electron chi connectivity index (χ0n) is 16.4. The lowest BCUT2D eigenvalue weighted by Gasteiger charge is -2.29. The molecule has 3 rings (SSSR count). The molecule has 29 heavy (non-hydrogen) atoms. The molecular formula is C21H26ClN3O3S. The molecule has 0 saturated carbocycles. The van der Waals surface area contributed by atoms with Crippen LogP contribution in [0.15, 0.2) is 42.5 Å². The number of anilines is 3. The third kappa shape index (κ3) is 5.87. The van der Waals surface area contributed by atoms with E-state index in [-0.39, 0.29) is 11.7 Å². The van der Waals surface area contributed by atoms with Gasteiger partial charge in [-0.25, -0.2) is 8.42 Å². The van der Waals surface area contributed by atoms with Crippen molar-refractivity contribution in [2.75, 3.05) is 33.8 Å². The Morgan fingerprint density at radius 3 is 2.52 bits per heavy atom. The summed E-state index contributed by atoms with van der Waals surface area (Å²) >= 11 is 6.45. The summed E-state index contributed by atoms with van der Waals surface area (Å²) in [6.45, 7) is 3.78. The van der Waals surface area contributed by atoms with Crippen molar-refractivity contribution >= 4 is 44.6 Å². The summed E-state index contributed by atoms with van der Waals surface area (Å²) in [4.78, 5) is 14.9. The molecule has 0 aliphatic carbocycles. The summed E-state index contributed by atoms with van der Waals surface area (Å²) in [5, 5.41) is 3.43. The van der Waals surface area contributed by atoms with E-state index in [1.165, 1.54) is 12.5 Å². The number of halogens is 1. The number of piperidine rings is 1. The number of amides is 1. The number of sulfonamides is 1. The summed E-state index contributed by atoms with van der Waals surface area (Å²) in [6, 6.07) is 11.9. The molecule has 2 N–H and O–H groups in total. The van der Waals surface area contributed by atoms with Gasteiger partial charge in [0.05, 0.1) is 16.5 Å². The van der Waals surface area contributed by atoms with Crippen LogP contribution < -0.4 is 14.9 Å². The van der Waals surface area contributed by atoms with Gasteiger partial charge in [-0.05, 0) is 62.1 Å². The monoisotopic (exact) mass is 435 g/mol. The minimum atomic E-state index is -3.41. The molecule has 1 fully saturated rings. The van der Waals surface area contributed by atoms with Gasteiger partial charge in [0.25, 0.3) is 5.91 Å². The number of hydrogen-bond acceptors (Lipinski definition) is 4. The maximum Gasteiger partial charge on any atom is 0.255 e. The zero-order valence-corrected chi connectivity index (χ0v) is 18.0. The first-order valence-electron chi connectivity index (χ1n) is 9.84. The predicted octanol–water partition coefficient (Wildman–Crippen LogP) is 4.73. The molecule has 0 aromatic heterocycles. The van der Waals surface area contributed by atoms with Crippen LogP contribution in [-0.2, 0) is 10.0 Å². The molecule has 156 valence electrons. The Morgan fingerprint density at radius 2 is 1.83 bits per heavy atom. The molecule has 0 bridgehead atoms. The molecule has 0 radical (unpaired) electrons. The molecule has 2 aromatic rings. The van der Waals surface area contributed by atoms with Crippen molar-refractivity contribution in [1.29, 1.82) is 0 Å². The Hall–Kier alpha value is -2.25. The summed E-state index contributed by atoms with van der Waals surface area (Å²) in [5.74, 6) is -0.297. The summed E-state index contributed by atoms with van der Waals surface area (Å²) < 4.78 is 26.4. The van der Waals surface area contributed by atoms with E-state index >= 15 is 0 Å². The molecule has 1 aliphatic rings. The van der Waals surface area contributed by atoms with Crippen LogP contribution in [0.25, 0.3) is 0 Å². The molecule has 0 atom stereocenters. The average Bonchev–Trinajstić information content (AvgIpc) is 2.68. The van der Waals surface area contributed by atoms with Crippen molar-refractivity contribution in [2.24, 2.45) is 0 Å². The Kier molecular flexibility index (Phi) is 7.03. The topological polar surface area (TPSA) is 78.5 Å². The number of carbonyl (C=O) groups excluding carboxylic acids is 1. The maximum absolute atomic E-state index is 12.6. The number of benzene rings is 2. The molecule has 1 heterocycles. The maximum atomic E-state index is 12.6. The highest BCUT2D eigenvalue weighted by atomic mass is 35.5. The van der Waals surface area contributed by atoms with Crippen molar-refractivity contribution < 1.29 is 13.2 Å². The minimum absolute atomic E-state index is 0.0330. The van der Waals surface area contributed by atoms with Gasteiger partial charge in [0, 0.05) is 30.0 Å². The lowest BCUT2D eigenvalue weighted by Crippen LogP contribution is -2.29. The number of nitrogens with one attached hydrogen (secondary N) is 2. The normalized spacial score (nSPS) is 14.5. The van der Waals surface area contributed by atoms with E-state index in [0.717, 1.165) is 31.6 Å². The van der Waals surface area contributed by atoms with Gasteiger partial charge >= 0.3 is 0 Å². The van der Waals surface area contributed by atoms with Gasteiger partial charge in [0.15, 0.2) is 0 Å². The predicted molar refractivity (Wildman–Crippen MR) is 120 cm³/mol. The highest BCUT2D eigenvalue weighted by molar-refractivity contribution is 7.92. The van der Waals surface area contributed by atoms with Crippen LogP contribution in [0.1, 0.15) is 43.0 Å². The summed E-state index contributed by atoms with van der Waals surface area (Å²) in [7, 11) is -3.41. The van der Waals surface area contributed by atoms with Crippen molar-refractivity contribution in [3.05, 3.63) is 53.1 Å². The molecule has 0 unspecified atom stereocenters. The van der Waals surface area contributed by atoms with E-state index < -0.39 is 10.0 Å². The Balaban J connectivity index is 1.70. The summed E-state index contributed by atoms with van der Waals surface area (Å²) in [6.07, 6.45) is 4.08. The zero-order chi connectivity index (χ0) is 20.9. The van der Waals surface area contributed by atoms with Crippen molar-refractivity contribution in [1.82, 2.24) is 0 Å². The molecule has 1 aliphatic heterocycles. The first kappa shape index (κ1) is 21.5. The fourth-order valence-corrected chi connectivity index (χ4v) is 4.83. The van der Waals surface area contributed by atoms with E-state index in [1.807, 2.05) is 12.1 Å². The van der Waals surface area contributed by atoms with Gasteiger partial charge in [0.1, 0.15) is 0 Å². The fraction of sp³-hybridized carbons (Fsp3) is 0.381. The SMILES string of the molecule is CCCS(=O)(=O)Nc1cccc(C(=O)Nc2ccc(N3CCCCC3)c(Cl)c2)c1. The highest BCUT2D eigenvalue weighted by Crippen LogP contribution is 2.31. The van der Waals surface area contributed by atoms with Gasteiger partial charge in [-0.2, -0.15) is 0 Å². The largest absolute Gasteiger partial charge is 0.370 e. The van der Waals surface area contributed by atoms with Crippen LogP contribution >= 0.6 is 11.6 Å². The van der Waals surface area contributed by atoms with E-state index in [1.54, 1.807) is 31.2 Å². The lowest BCUT2D eigenvalue weighted by molar-refractivity contribution is 0.102. The average molecular weight is 436 g/mol. The van der Waals surface area contributed by atoms with E-state index in [4.69, 9.17) is 11.6 Å². The molecule has 6 nitrogen and oxygen atoms in total. The van der Waals surface area contributed by atoms with Crippen LogP contribution in [0.4, 0.5) is 17.1 Å². The first-order chi connectivity index (χ1) is 13.9. The summed E-state index contributed by atoms with van der Waals surface area (Å²) in [5.41, 5.74) is 2.30. The second-order valence-corrected chi connectivity index (χ2v) is 9.42. The van der Waals surface area contributed by atoms with Gasteiger partial charge < -0.3 is 10.2 Å². The van der Waals surface area contributed by atoms with Crippen molar-refractivity contribution in [3.63, 3.8) is 0 Å². The van der Waals surface area contributed by atoms with Gasteiger partial charge in [-0.15, -0.1) is 0 Å². The minimum Gasteiger partial charge on any atom is -0.370 e. The van der Waals surface area contributed by atoms with Gasteiger partial charge in [0.2, 0.25) is 10.0 Å². The Morgan fingerprint density at radius 1 is 1.07 bits per heavy atom. The lowest BCUT2D eigenvalue weighted by atomic mass is 10.1. The molecule has 1 saturated heterocycles. The smallest absolute Gasteiger partial charge is 0.255 e. The van der Waals surface area contributed by atoms with Crippen LogP contribution in [0, 0.1) is 0 Å².